The van der Waals surface area contributed by atoms with Gasteiger partial charge in [0.05, 0.1) is 10.6 Å². The van der Waals surface area contributed by atoms with Gasteiger partial charge in [0.2, 0.25) is 0 Å². The van der Waals surface area contributed by atoms with Gasteiger partial charge >= 0.3 is 0 Å². The maximum absolute atomic E-state index is 12.0. The van der Waals surface area contributed by atoms with Gasteiger partial charge in [-0.05, 0) is 34.5 Å². The second-order valence-corrected chi connectivity index (χ2v) is 6.56. The highest BCUT2D eigenvalue weighted by molar-refractivity contribution is 9.10. The summed E-state index contributed by atoms with van der Waals surface area (Å²) in [6.07, 6.45) is 10.1. The molecule has 0 aromatic heterocycles. The van der Waals surface area contributed by atoms with Crippen molar-refractivity contribution in [2.75, 3.05) is 6.54 Å². The first-order valence-corrected chi connectivity index (χ1v) is 9.06. The zero-order valence-corrected chi connectivity index (χ0v) is 15.1. The van der Waals surface area contributed by atoms with E-state index in [4.69, 9.17) is 11.6 Å². The van der Waals surface area contributed by atoms with Crippen molar-refractivity contribution in [1.29, 1.82) is 0 Å². The van der Waals surface area contributed by atoms with Crippen LogP contribution in [0.4, 0.5) is 0 Å². The Morgan fingerprint density at radius 1 is 1.10 bits per heavy atom. The molecule has 0 saturated carbocycles. The molecule has 2 nitrogen and oxygen atoms in total. The molecule has 0 fully saturated rings. The van der Waals surface area contributed by atoms with Gasteiger partial charge in [0.15, 0.2) is 0 Å². The van der Waals surface area contributed by atoms with E-state index in [2.05, 4.69) is 28.2 Å². The molecule has 0 aliphatic carbocycles. The summed E-state index contributed by atoms with van der Waals surface area (Å²) >= 11 is 9.43. The minimum atomic E-state index is -0.0933. The fourth-order valence-electron chi connectivity index (χ4n) is 2.24. The first kappa shape index (κ1) is 18.5. The Morgan fingerprint density at radius 3 is 2.38 bits per heavy atom. The van der Waals surface area contributed by atoms with E-state index in [-0.39, 0.29) is 5.91 Å². The zero-order chi connectivity index (χ0) is 15.5. The molecule has 118 valence electrons. The van der Waals surface area contributed by atoms with Crippen molar-refractivity contribution in [3.05, 3.63) is 33.3 Å². The molecule has 0 atom stereocenters. The van der Waals surface area contributed by atoms with Crippen LogP contribution in [0.3, 0.4) is 0 Å². The fraction of sp³-hybridized carbons (Fsp3) is 0.588. The number of amides is 1. The molecule has 0 bridgehead atoms. The van der Waals surface area contributed by atoms with Crippen LogP contribution in [-0.2, 0) is 0 Å². The van der Waals surface area contributed by atoms with E-state index >= 15 is 0 Å². The average Bonchev–Trinajstić information content (AvgIpc) is 2.48. The van der Waals surface area contributed by atoms with Gasteiger partial charge in [0, 0.05) is 11.0 Å². The molecule has 4 heteroatoms. The lowest BCUT2D eigenvalue weighted by molar-refractivity contribution is 0.0953. The van der Waals surface area contributed by atoms with Gasteiger partial charge < -0.3 is 5.32 Å². The summed E-state index contributed by atoms with van der Waals surface area (Å²) < 4.78 is 0.754. The van der Waals surface area contributed by atoms with Crippen LogP contribution in [-0.4, -0.2) is 12.5 Å². The van der Waals surface area contributed by atoms with Crippen molar-refractivity contribution >= 4 is 33.4 Å². The highest BCUT2D eigenvalue weighted by Gasteiger charge is 2.11. The largest absolute Gasteiger partial charge is 0.352 e. The Kier molecular flexibility index (Phi) is 9.77. The Hall–Kier alpha value is -0.540. The summed E-state index contributed by atoms with van der Waals surface area (Å²) in [5, 5.41) is 3.41. The second-order valence-electron chi connectivity index (χ2n) is 5.33. The molecule has 1 rings (SSSR count). The van der Waals surface area contributed by atoms with E-state index in [1.165, 1.54) is 44.9 Å². The number of hydrogen-bond donors (Lipinski definition) is 1. The van der Waals surface area contributed by atoms with Gasteiger partial charge in [-0.25, -0.2) is 0 Å². The molecule has 0 unspecified atom stereocenters. The first-order chi connectivity index (χ1) is 10.2. The highest BCUT2D eigenvalue weighted by atomic mass is 79.9. The molecule has 1 aromatic rings. The van der Waals surface area contributed by atoms with Crippen molar-refractivity contribution in [2.45, 2.75) is 58.3 Å². The smallest absolute Gasteiger partial charge is 0.252 e. The lowest BCUT2D eigenvalue weighted by Crippen LogP contribution is -2.24. The topological polar surface area (TPSA) is 29.1 Å². The molecule has 1 aromatic carbocycles. The number of rotatable bonds is 10. The minimum Gasteiger partial charge on any atom is -0.352 e. The van der Waals surface area contributed by atoms with Gasteiger partial charge in [-0.3, -0.25) is 4.79 Å². The second kappa shape index (κ2) is 11.1. The fourth-order valence-corrected chi connectivity index (χ4v) is 2.81. The molecule has 0 aliphatic heterocycles. The maximum Gasteiger partial charge on any atom is 0.252 e. The van der Waals surface area contributed by atoms with Gasteiger partial charge in [-0.1, -0.05) is 69.5 Å². The Bertz CT molecular complexity index is 437. The predicted octanol–water partition coefficient (Wildman–Crippen LogP) is 5.97. The van der Waals surface area contributed by atoms with Gasteiger partial charge in [0.1, 0.15) is 0 Å². The number of carbonyl (C=O) groups is 1. The van der Waals surface area contributed by atoms with Crippen LogP contribution < -0.4 is 5.32 Å². The van der Waals surface area contributed by atoms with Crippen LogP contribution >= 0.6 is 27.5 Å². The predicted molar refractivity (Wildman–Crippen MR) is 94.1 cm³/mol. The molecule has 0 heterocycles. The molecule has 0 saturated heterocycles. The number of benzene rings is 1. The molecule has 0 spiro atoms. The van der Waals surface area contributed by atoms with Crippen molar-refractivity contribution in [1.82, 2.24) is 5.32 Å². The zero-order valence-electron chi connectivity index (χ0n) is 12.8. The van der Waals surface area contributed by atoms with E-state index in [9.17, 15) is 4.79 Å². The average molecular weight is 375 g/mol. The monoisotopic (exact) mass is 373 g/mol. The van der Waals surface area contributed by atoms with Gasteiger partial charge in [0.25, 0.3) is 5.91 Å². The normalized spacial score (nSPS) is 10.6. The first-order valence-electron chi connectivity index (χ1n) is 7.89. The molecular weight excluding hydrogens is 350 g/mol. The third-order valence-electron chi connectivity index (χ3n) is 3.51. The number of hydrogen-bond acceptors (Lipinski definition) is 1. The highest BCUT2D eigenvalue weighted by Crippen LogP contribution is 2.25. The molecule has 0 radical (unpaired) electrons. The maximum atomic E-state index is 12.0. The number of unbranched alkanes of at least 4 members (excludes halogenated alkanes) is 7. The van der Waals surface area contributed by atoms with E-state index in [0.29, 0.717) is 10.6 Å². The summed E-state index contributed by atoms with van der Waals surface area (Å²) in [4.78, 5) is 12.0. The number of nitrogens with one attached hydrogen (secondary N) is 1. The van der Waals surface area contributed by atoms with Crippen LogP contribution in [0.1, 0.15) is 68.6 Å². The van der Waals surface area contributed by atoms with Crippen molar-refractivity contribution in [3.63, 3.8) is 0 Å². The Morgan fingerprint density at radius 2 is 1.71 bits per heavy atom. The SMILES string of the molecule is CCCCCCCCCCNC(=O)c1cccc(Br)c1Cl. The van der Waals surface area contributed by atoms with Crippen LogP contribution in [0.5, 0.6) is 0 Å². The summed E-state index contributed by atoms with van der Waals surface area (Å²) in [6.45, 7) is 2.96. The third kappa shape index (κ3) is 7.32. The van der Waals surface area contributed by atoms with Gasteiger partial charge in [-0.15, -0.1) is 0 Å². The van der Waals surface area contributed by atoms with E-state index < -0.39 is 0 Å². The minimum absolute atomic E-state index is 0.0933. The Labute approximate surface area is 141 Å². The van der Waals surface area contributed by atoms with Crippen molar-refractivity contribution in [2.24, 2.45) is 0 Å². The summed E-state index contributed by atoms with van der Waals surface area (Å²) in [5.74, 6) is -0.0933. The quantitative estimate of drug-likeness (QED) is 0.502. The van der Waals surface area contributed by atoms with Crippen molar-refractivity contribution < 1.29 is 4.79 Å². The Balaban J connectivity index is 2.13. The van der Waals surface area contributed by atoms with E-state index in [1.807, 2.05) is 12.1 Å². The summed E-state index contributed by atoms with van der Waals surface area (Å²) in [7, 11) is 0. The van der Waals surface area contributed by atoms with Crippen LogP contribution in [0.2, 0.25) is 5.02 Å². The summed E-state index contributed by atoms with van der Waals surface area (Å²) in [5.41, 5.74) is 0.533. The molecule has 1 amide bonds. The lowest BCUT2D eigenvalue weighted by atomic mass is 10.1. The van der Waals surface area contributed by atoms with Crippen LogP contribution in [0, 0.1) is 0 Å². The molecular formula is C17H25BrClNO. The third-order valence-corrected chi connectivity index (χ3v) is 4.81. The number of halogens is 2. The number of carbonyl (C=O) groups excluding carboxylic acids is 1. The van der Waals surface area contributed by atoms with E-state index in [0.717, 1.165) is 17.4 Å². The van der Waals surface area contributed by atoms with Crippen LogP contribution in [0.15, 0.2) is 22.7 Å². The molecule has 0 aliphatic rings. The van der Waals surface area contributed by atoms with E-state index in [1.54, 1.807) is 6.07 Å². The van der Waals surface area contributed by atoms with Gasteiger partial charge in [-0.2, -0.15) is 0 Å². The summed E-state index contributed by atoms with van der Waals surface area (Å²) in [6, 6.07) is 5.40. The molecule has 21 heavy (non-hydrogen) atoms. The van der Waals surface area contributed by atoms with Crippen LogP contribution in [0.25, 0.3) is 0 Å². The van der Waals surface area contributed by atoms with Crippen molar-refractivity contribution in [3.8, 4) is 0 Å². The molecule has 1 N–H and O–H groups in total. The standard InChI is InChI=1S/C17H25BrClNO/c1-2-3-4-5-6-7-8-9-13-20-17(21)14-11-10-12-15(18)16(14)19/h10-12H,2-9,13H2,1H3,(H,20,21). The lowest BCUT2D eigenvalue weighted by Gasteiger charge is -2.07.